The maximum absolute atomic E-state index is 11.7. The molecule has 0 aromatic rings. The molecule has 1 atom stereocenters. The van der Waals surface area contributed by atoms with Gasteiger partial charge in [0.1, 0.15) is 11.2 Å². The SMILES string of the molecule is C.CC(C)(C)OC(=O)N1CCCC(=O)C1.CC1(O)CCCN(C(=O)OC(C)(C)C)C1. The molecule has 8 nitrogen and oxygen atoms in total. The molecule has 2 aliphatic rings. The number of ketones is 1. The zero-order valence-corrected chi connectivity index (χ0v) is 19.0. The second kappa shape index (κ2) is 11.0. The van der Waals surface area contributed by atoms with Gasteiger partial charge in [-0.15, -0.1) is 0 Å². The van der Waals surface area contributed by atoms with Gasteiger partial charge in [-0.25, -0.2) is 9.59 Å². The molecule has 0 saturated carbocycles. The second-order valence-corrected chi connectivity index (χ2v) is 10.0. The minimum Gasteiger partial charge on any atom is -0.444 e. The number of β-amino-alcohol motifs (C(OH)–C–C–N with tert-alkyl or cyclic N) is 1. The molecule has 2 amide bonds. The topological polar surface area (TPSA) is 96.4 Å². The summed E-state index contributed by atoms with van der Waals surface area (Å²) in [5, 5.41) is 9.84. The number of rotatable bonds is 0. The molecule has 0 radical (unpaired) electrons. The van der Waals surface area contributed by atoms with Crippen LogP contribution in [0.2, 0.25) is 0 Å². The molecule has 2 aliphatic heterocycles. The fourth-order valence-corrected chi connectivity index (χ4v) is 3.02. The number of hydrogen-bond donors (Lipinski definition) is 1. The van der Waals surface area contributed by atoms with Crippen molar-refractivity contribution in [1.29, 1.82) is 0 Å². The molecule has 2 saturated heterocycles. The van der Waals surface area contributed by atoms with Crippen molar-refractivity contribution in [3.05, 3.63) is 0 Å². The third-order valence-corrected chi connectivity index (χ3v) is 4.23. The van der Waals surface area contributed by atoms with Gasteiger partial charge < -0.3 is 24.4 Å². The zero-order chi connectivity index (χ0) is 22.5. The molecule has 2 fully saturated rings. The van der Waals surface area contributed by atoms with Gasteiger partial charge in [0.25, 0.3) is 0 Å². The van der Waals surface area contributed by atoms with Crippen LogP contribution >= 0.6 is 0 Å². The lowest BCUT2D eigenvalue weighted by Crippen LogP contribution is -2.49. The standard InChI is InChI=1S/C11H21NO3.C10H17NO3.CH4/c1-10(2,3)15-9(13)12-7-5-6-11(4,14)8-12;1-10(2,3)14-9(13)11-6-4-5-8(12)7-11;/h14H,5-8H2,1-4H3;4-7H2,1-3H3;1H4. The normalized spacial score (nSPS) is 22.3. The molecular weight excluding hydrogens is 388 g/mol. The number of amides is 2. The van der Waals surface area contributed by atoms with E-state index in [4.69, 9.17) is 9.47 Å². The molecule has 0 aliphatic carbocycles. The van der Waals surface area contributed by atoms with Crippen molar-refractivity contribution in [2.45, 2.75) is 98.4 Å². The van der Waals surface area contributed by atoms with Gasteiger partial charge in [0.15, 0.2) is 5.78 Å². The number of ether oxygens (including phenoxy) is 2. The van der Waals surface area contributed by atoms with Crippen LogP contribution in [0.5, 0.6) is 0 Å². The average molecular weight is 431 g/mol. The highest BCUT2D eigenvalue weighted by molar-refractivity contribution is 5.85. The van der Waals surface area contributed by atoms with Crippen molar-refractivity contribution < 1.29 is 29.0 Å². The Hall–Kier alpha value is -1.83. The summed E-state index contributed by atoms with van der Waals surface area (Å²) in [7, 11) is 0. The lowest BCUT2D eigenvalue weighted by molar-refractivity contribution is -0.122. The first-order valence-corrected chi connectivity index (χ1v) is 10.3. The Morgan fingerprint density at radius 1 is 0.933 bits per heavy atom. The summed E-state index contributed by atoms with van der Waals surface area (Å²) in [6.45, 7) is 14.6. The van der Waals surface area contributed by atoms with Crippen LogP contribution in [0.1, 0.15) is 81.6 Å². The number of hydrogen-bond acceptors (Lipinski definition) is 6. The largest absolute Gasteiger partial charge is 0.444 e. The molecule has 1 unspecified atom stereocenters. The van der Waals surface area contributed by atoms with E-state index >= 15 is 0 Å². The van der Waals surface area contributed by atoms with E-state index in [-0.39, 0.29) is 31.9 Å². The van der Waals surface area contributed by atoms with Gasteiger partial charge in [-0.05, 0) is 67.7 Å². The minimum atomic E-state index is -0.769. The molecule has 8 heteroatoms. The van der Waals surface area contributed by atoms with Crippen molar-refractivity contribution >= 4 is 18.0 Å². The van der Waals surface area contributed by atoms with Crippen molar-refractivity contribution in [3.63, 3.8) is 0 Å². The van der Waals surface area contributed by atoms with Crippen LogP contribution in [0.4, 0.5) is 9.59 Å². The molecule has 176 valence electrons. The number of aliphatic hydroxyl groups is 1. The van der Waals surface area contributed by atoms with E-state index < -0.39 is 16.8 Å². The molecule has 2 heterocycles. The van der Waals surface area contributed by atoms with Crippen molar-refractivity contribution in [2.75, 3.05) is 26.2 Å². The number of piperidine rings is 2. The molecule has 0 bridgehead atoms. The summed E-state index contributed by atoms with van der Waals surface area (Å²) in [4.78, 5) is 37.3. The van der Waals surface area contributed by atoms with Crippen LogP contribution < -0.4 is 0 Å². The average Bonchev–Trinajstić information content (AvgIpc) is 2.51. The minimum absolute atomic E-state index is 0. The smallest absolute Gasteiger partial charge is 0.410 e. The number of nitrogens with zero attached hydrogens (tertiary/aromatic N) is 2. The number of Topliss-reactive ketones (excluding diaryl/α,β-unsaturated/α-hetero) is 1. The van der Waals surface area contributed by atoms with Crippen LogP contribution in [-0.4, -0.2) is 75.9 Å². The number of carbonyl (C=O) groups excluding carboxylic acids is 3. The Morgan fingerprint density at radius 3 is 1.83 bits per heavy atom. The number of carbonyl (C=O) groups is 3. The molecule has 0 aromatic heterocycles. The summed E-state index contributed by atoms with van der Waals surface area (Å²) < 4.78 is 10.4. The van der Waals surface area contributed by atoms with Gasteiger partial charge in [0.05, 0.1) is 18.7 Å². The quantitative estimate of drug-likeness (QED) is 0.624. The molecule has 0 aromatic carbocycles. The van der Waals surface area contributed by atoms with Gasteiger partial charge in [-0.1, -0.05) is 7.43 Å². The predicted octanol–water partition coefficient (Wildman–Crippen LogP) is 3.99. The summed E-state index contributed by atoms with van der Waals surface area (Å²) in [5.74, 6) is 0.113. The van der Waals surface area contributed by atoms with E-state index in [0.717, 1.165) is 19.3 Å². The van der Waals surface area contributed by atoms with Gasteiger partial charge in [0, 0.05) is 19.5 Å². The van der Waals surface area contributed by atoms with Gasteiger partial charge in [-0.3, -0.25) is 4.79 Å². The second-order valence-electron chi connectivity index (χ2n) is 10.0. The lowest BCUT2D eigenvalue weighted by Gasteiger charge is -2.37. The van der Waals surface area contributed by atoms with E-state index in [1.54, 1.807) is 11.8 Å². The Kier molecular flexibility index (Phi) is 10.3. The Bertz CT molecular complexity index is 589. The zero-order valence-electron chi connectivity index (χ0n) is 19.0. The van der Waals surface area contributed by atoms with Crippen LogP contribution in [0.3, 0.4) is 0 Å². The third kappa shape index (κ3) is 11.4. The Balaban J connectivity index is 0.000000544. The summed E-state index contributed by atoms with van der Waals surface area (Å²) >= 11 is 0. The van der Waals surface area contributed by atoms with Crippen molar-refractivity contribution in [3.8, 4) is 0 Å². The van der Waals surface area contributed by atoms with Crippen molar-refractivity contribution in [2.24, 2.45) is 0 Å². The van der Waals surface area contributed by atoms with E-state index in [9.17, 15) is 19.5 Å². The van der Waals surface area contributed by atoms with E-state index in [2.05, 4.69) is 0 Å². The fraction of sp³-hybridized carbons (Fsp3) is 0.864. The third-order valence-electron chi connectivity index (χ3n) is 4.23. The molecular formula is C22H42N2O6. The van der Waals surface area contributed by atoms with E-state index in [0.29, 0.717) is 26.1 Å². The van der Waals surface area contributed by atoms with Crippen LogP contribution in [0, 0.1) is 0 Å². The van der Waals surface area contributed by atoms with Crippen molar-refractivity contribution in [1.82, 2.24) is 9.80 Å². The van der Waals surface area contributed by atoms with Crippen LogP contribution in [0.15, 0.2) is 0 Å². The van der Waals surface area contributed by atoms with Crippen LogP contribution in [-0.2, 0) is 14.3 Å². The number of likely N-dealkylation sites (tertiary alicyclic amines) is 2. The highest BCUT2D eigenvalue weighted by Crippen LogP contribution is 2.22. The van der Waals surface area contributed by atoms with Gasteiger partial charge in [0.2, 0.25) is 0 Å². The summed E-state index contributed by atoms with van der Waals surface area (Å²) in [5.41, 5.74) is -1.73. The van der Waals surface area contributed by atoms with Crippen LogP contribution in [0.25, 0.3) is 0 Å². The fourth-order valence-electron chi connectivity index (χ4n) is 3.02. The van der Waals surface area contributed by atoms with Gasteiger partial charge in [-0.2, -0.15) is 0 Å². The van der Waals surface area contributed by atoms with E-state index in [1.165, 1.54) is 4.90 Å². The Morgan fingerprint density at radius 2 is 1.40 bits per heavy atom. The first kappa shape index (κ1) is 28.2. The molecule has 0 spiro atoms. The monoisotopic (exact) mass is 430 g/mol. The predicted molar refractivity (Wildman–Crippen MR) is 116 cm³/mol. The first-order chi connectivity index (χ1) is 13.1. The van der Waals surface area contributed by atoms with Gasteiger partial charge >= 0.3 is 12.2 Å². The highest BCUT2D eigenvalue weighted by Gasteiger charge is 2.33. The summed E-state index contributed by atoms with van der Waals surface area (Å²) in [6.07, 6.45) is 2.18. The molecule has 2 rings (SSSR count). The Labute approximate surface area is 181 Å². The molecule has 30 heavy (non-hydrogen) atoms. The summed E-state index contributed by atoms with van der Waals surface area (Å²) in [6, 6.07) is 0. The van der Waals surface area contributed by atoms with E-state index in [1.807, 2.05) is 41.5 Å². The maximum Gasteiger partial charge on any atom is 0.410 e. The highest BCUT2D eigenvalue weighted by atomic mass is 16.6. The lowest BCUT2D eigenvalue weighted by atomic mass is 9.95. The maximum atomic E-state index is 11.7. The molecule has 1 N–H and O–H groups in total. The first-order valence-electron chi connectivity index (χ1n) is 10.3.